The third kappa shape index (κ3) is 2.67. The highest BCUT2D eigenvalue weighted by Gasteiger charge is 2.46. The molecule has 0 spiro atoms. The Morgan fingerprint density at radius 2 is 2.15 bits per heavy atom. The standard InChI is InChI=1S/C13H15ClN2O3S/c1-2-5-13(17)8-16(9-13)20(18,19)12-6-10(7-15)3-4-11(12)14/h3-4,6,17H,2,5,8-9H2,1H3. The number of aliphatic hydroxyl groups is 1. The van der Waals surface area contributed by atoms with Gasteiger partial charge < -0.3 is 5.11 Å². The Morgan fingerprint density at radius 3 is 2.70 bits per heavy atom. The summed E-state index contributed by atoms with van der Waals surface area (Å²) < 4.78 is 26.0. The van der Waals surface area contributed by atoms with Crippen molar-refractivity contribution in [3.05, 3.63) is 28.8 Å². The Hall–Kier alpha value is -1.13. The zero-order valence-electron chi connectivity index (χ0n) is 11.0. The third-order valence-corrected chi connectivity index (χ3v) is 5.61. The Morgan fingerprint density at radius 1 is 1.50 bits per heavy atom. The van der Waals surface area contributed by atoms with Gasteiger partial charge in [-0.2, -0.15) is 9.57 Å². The maximum Gasteiger partial charge on any atom is 0.244 e. The molecular formula is C13H15ClN2O3S. The molecule has 5 nitrogen and oxygen atoms in total. The minimum Gasteiger partial charge on any atom is -0.387 e. The topological polar surface area (TPSA) is 81.4 Å². The molecule has 1 aromatic carbocycles. The molecule has 2 rings (SSSR count). The smallest absolute Gasteiger partial charge is 0.244 e. The van der Waals surface area contributed by atoms with E-state index in [1.54, 1.807) is 0 Å². The van der Waals surface area contributed by atoms with E-state index in [2.05, 4.69) is 0 Å². The van der Waals surface area contributed by atoms with Crippen molar-refractivity contribution in [1.29, 1.82) is 5.26 Å². The summed E-state index contributed by atoms with van der Waals surface area (Å²) in [6.45, 7) is 2.06. The lowest BCUT2D eigenvalue weighted by atomic mass is 9.92. The summed E-state index contributed by atoms with van der Waals surface area (Å²) in [6, 6.07) is 6.00. The Bertz CT molecular complexity index is 661. The van der Waals surface area contributed by atoms with E-state index in [9.17, 15) is 13.5 Å². The second kappa shape index (κ2) is 5.34. The lowest BCUT2D eigenvalue weighted by molar-refractivity contribution is -0.0653. The molecule has 1 aromatic rings. The van der Waals surface area contributed by atoms with Crippen molar-refractivity contribution in [2.45, 2.75) is 30.3 Å². The summed E-state index contributed by atoms with van der Waals surface area (Å²) in [5, 5.41) is 19.0. The van der Waals surface area contributed by atoms with Gasteiger partial charge in [0.05, 0.1) is 22.3 Å². The number of halogens is 1. The summed E-state index contributed by atoms with van der Waals surface area (Å²) in [4.78, 5) is -0.0863. The Balaban J connectivity index is 2.28. The highest BCUT2D eigenvalue weighted by atomic mass is 35.5. The molecule has 0 amide bonds. The molecule has 1 saturated heterocycles. The van der Waals surface area contributed by atoms with Crippen LogP contribution in [-0.4, -0.2) is 36.5 Å². The highest BCUT2D eigenvalue weighted by molar-refractivity contribution is 7.89. The van der Waals surface area contributed by atoms with E-state index in [-0.39, 0.29) is 28.6 Å². The van der Waals surface area contributed by atoms with Gasteiger partial charge >= 0.3 is 0 Å². The molecular weight excluding hydrogens is 300 g/mol. The van der Waals surface area contributed by atoms with E-state index in [1.165, 1.54) is 22.5 Å². The zero-order valence-corrected chi connectivity index (χ0v) is 12.6. The fourth-order valence-corrected chi connectivity index (χ4v) is 4.41. The number of benzene rings is 1. The molecule has 0 aliphatic carbocycles. The van der Waals surface area contributed by atoms with Crippen LogP contribution in [0.15, 0.2) is 23.1 Å². The highest BCUT2D eigenvalue weighted by Crippen LogP contribution is 2.33. The average molecular weight is 315 g/mol. The van der Waals surface area contributed by atoms with Crippen LogP contribution in [0.3, 0.4) is 0 Å². The lowest BCUT2D eigenvalue weighted by Gasteiger charge is -2.45. The van der Waals surface area contributed by atoms with E-state index in [0.29, 0.717) is 6.42 Å². The fraction of sp³-hybridized carbons (Fsp3) is 0.462. The average Bonchev–Trinajstić information content (AvgIpc) is 2.36. The summed E-state index contributed by atoms with van der Waals surface area (Å²) in [5.41, 5.74) is -0.710. The van der Waals surface area contributed by atoms with Crippen molar-refractivity contribution in [3.63, 3.8) is 0 Å². The van der Waals surface area contributed by atoms with Crippen molar-refractivity contribution in [2.75, 3.05) is 13.1 Å². The molecule has 1 heterocycles. The quantitative estimate of drug-likeness (QED) is 0.918. The van der Waals surface area contributed by atoms with Crippen molar-refractivity contribution >= 4 is 21.6 Å². The number of sulfonamides is 1. The first-order chi connectivity index (χ1) is 9.32. The van der Waals surface area contributed by atoms with Crippen LogP contribution in [0.5, 0.6) is 0 Å². The van der Waals surface area contributed by atoms with Crippen LogP contribution in [0, 0.1) is 11.3 Å². The molecule has 108 valence electrons. The monoisotopic (exact) mass is 314 g/mol. The van der Waals surface area contributed by atoms with Crippen molar-refractivity contribution in [2.24, 2.45) is 0 Å². The maximum absolute atomic E-state index is 12.4. The van der Waals surface area contributed by atoms with Gasteiger partial charge in [0.1, 0.15) is 4.90 Å². The van der Waals surface area contributed by atoms with Crippen LogP contribution in [0.2, 0.25) is 5.02 Å². The molecule has 0 saturated carbocycles. The molecule has 1 fully saturated rings. The van der Waals surface area contributed by atoms with Crippen LogP contribution >= 0.6 is 11.6 Å². The number of β-amino-alcohol motifs (C(OH)–C–C–N with tert-alkyl or cyclic N) is 1. The maximum atomic E-state index is 12.4. The van der Waals surface area contributed by atoms with E-state index >= 15 is 0 Å². The van der Waals surface area contributed by atoms with Gasteiger partial charge in [0.15, 0.2) is 0 Å². The SMILES string of the molecule is CCCC1(O)CN(S(=O)(=O)c2cc(C#N)ccc2Cl)C1. The summed E-state index contributed by atoms with van der Waals surface area (Å²) in [6.07, 6.45) is 1.35. The van der Waals surface area contributed by atoms with Gasteiger partial charge in [-0.15, -0.1) is 0 Å². The first-order valence-electron chi connectivity index (χ1n) is 6.24. The van der Waals surface area contributed by atoms with Crippen molar-refractivity contribution in [3.8, 4) is 6.07 Å². The predicted octanol–water partition coefficient (Wildman–Crippen LogP) is 1.75. The molecule has 1 aliphatic rings. The van der Waals surface area contributed by atoms with E-state index in [1.807, 2.05) is 13.0 Å². The van der Waals surface area contributed by atoms with Crippen LogP contribution in [-0.2, 0) is 10.0 Å². The number of hydrogen-bond acceptors (Lipinski definition) is 4. The van der Waals surface area contributed by atoms with Gasteiger partial charge in [0.25, 0.3) is 0 Å². The van der Waals surface area contributed by atoms with E-state index in [0.717, 1.165) is 6.42 Å². The molecule has 0 bridgehead atoms. The summed E-state index contributed by atoms with van der Waals surface area (Å²) >= 11 is 5.92. The summed E-state index contributed by atoms with van der Waals surface area (Å²) in [5.74, 6) is 0. The Labute approximate surface area is 123 Å². The van der Waals surface area contributed by atoms with Crippen molar-refractivity contribution < 1.29 is 13.5 Å². The molecule has 7 heteroatoms. The minimum atomic E-state index is -3.76. The van der Waals surface area contributed by atoms with Crippen LogP contribution < -0.4 is 0 Å². The number of nitrogens with zero attached hydrogens (tertiary/aromatic N) is 2. The predicted molar refractivity (Wildman–Crippen MR) is 74.8 cm³/mol. The second-order valence-electron chi connectivity index (χ2n) is 5.00. The molecule has 0 atom stereocenters. The molecule has 0 aromatic heterocycles. The summed E-state index contributed by atoms with van der Waals surface area (Å²) in [7, 11) is -3.76. The molecule has 0 unspecified atom stereocenters. The van der Waals surface area contributed by atoms with E-state index < -0.39 is 15.6 Å². The third-order valence-electron chi connectivity index (χ3n) is 3.33. The fourth-order valence-electron chi connectivity index (χ4n) is 2.31. The normalized spacial score (nSPS) is 18.3. The largest absolute Gasteiger partial charge is 0.387 e. The van der Waals surface area contributed by atoms with Crippen LogP contribution in [0.1, 0.15) is 25.3 Å². The van der Waals surface area contributed by atoms with Gasteiger partial charge in [0, 0.05) is 13.1 Å². The van der Waals surface area contributed by atoms with Gasteiger partial charge in [-0.25, -0.2) is 8.42 Å². The molecule has 1 aliphatic heterocycles. The van der Waals surface area contributed by atoms with Gasteiger partial charge in [0.2, 0.25) is 10.0 Å². The first-order valence-corrected chi connectivity index (χ1v) is 8.06. The molecule has 1 N–H and O–H groups in total. The number of hydrogen-bond donors (Lipinski definition) is 1. The zero-order chi connectivity index (χ0) is 15.0. The molecule has 0 radical (unpaired) electrons. The second-order valence-corrected chi connectivity index (χ2v) is 7.32. The minimum absolute atomic E-state index is 0.0658. The van der Waals surface area contributed by atoms with Crippen LogP contribution in [0.4, 0.5) is 0 Å². The first kappa shape index (κ1) is 15.3. The number of rotatable bonds is 4. The molecule has 20 heavy (non-hydrogen) atoms. The van der Waals surface area contributed by atoms with Gasteiger partial charge in [-0.05, 0) is 24.6 Å². The van der Waals surface area contributed by atoms with E-state index in [4.69, 9.17) is 16.9 Å². The van der Waals surface area contributed by atoms with Gasteiger partial charge in [-0.1, -0.05) is 24.9 Å². The lowest BCUT2D eigenvalue weighted by Crippen LogP contribution is -2.63. The Kier molecular flexibility index (Phi) is 4.07. The number of nitriles is 1. The van der Waals surface area contributed by atoms with Gasteiger partial charge in [-0.3, -0.25) is 0 Å². The van der Waals surface area contributed by atoms with Crippen molar-refractivity contribution in [1.82, 2.24) is 4.31 Å². The van der Waals surface area contributed by atoms with Crippen LogP contribution in [0.25, 0.3) is 0 Å².